The Morgan fingerprint density at radius 3 is 2.64 bits per heavy atom. The van der Waals surface area contributed by atoms with E-state index in [0.29, 0.717) is 25.1 Å². The summed E-state index contributed by atoms with van der Waals surface area (Å²) < 4.78 is 5.38. The van der Waals surface area contributed by atoms with Crippen LogP contribution < -0.4 is 5.32 Å². The van der Waals surface area contributed by atoms with E-state index in [1.54, 1.807) is 4.90 Å². The second kappa shape index (κ2) is 7.11. The summed E-state index contributed by atoms with van der Waals surface area (Å²) in [4.78, 5) is 13.9. The van der Waals surface area contributed by atoms with Gasteiger partial charge in [-0.1, -0.05) is 30.3 Å². The molecule has 2 saturated heterocycles. The lowest BCUT2D eigenvalue weighted by Gasteiger charge is -2.34. The van der Waals surface area contributed by atoms with Crippen LogP contribution in [0.3, 0.4) is 0 Å². The van der Waals surface area contributed by atoms with E-state index in [9.17, 15) is 9.90 Å². The third-order valence-electron chi connectivity index (χ3n) is 4.71. The minimum absolute atomic E-state index is 0.209. The average Bonchev–Trinajstić information content (AvgIpc) is 3.00. The maximum atomic E-state index is 12.1. The maximum absolute atomic E-state index is 12.1. The van der Waals surface area contributed by atoms with Crippen molar-refractivity contribution in [3.63, 3.8) is 0 Å². The van der Waals surface area contributed by atoms with Gasteiger partial charge in [0.2, 0.25) is 0 Å². The minimum Gasteiger partial charge on any atom is -0.445 e. The molecule has 5 nitrogen and oxygen atoms in total. The number of nitrogens with zero attached hydrogens (tertiary/aromatic N) is 1. The molecule has 2 unspecified atom stereocenters. The molecule has 0 aliphatic carbocycles. The molecule has 3 rings (SSSR count). The second-order valence-electron chi connectivity index (χ2n) is 6.27. The van der Waals surface area contributed by atoms with Crippen molar-refractivity contribution < 1.29 is 14.6 Å². The molecule has 1 aromatic rings. The first-order valence-corrected chi connectivity index (χ1v) is 8.09. The van der Waals surface area contributed by atoms with Crippen molar-refractivity contribution >= 4 is 6.09 Å². The van der Waals surface area contributed by atoms with Gasteiger partial charge in [-0.05, 0) is 30.7 Å². The van der Waals surface area contributed by atoms with Crippen LogP contribution >= 0.6 is 0 Å². The molecule has 2 aliphatic heterocycles. The SMILES string of the molecule is O=C(OCc1ccccc1)N1CCC(C2CC(O)CN2)CC1. The van der Waals surface area contributed by atoms with Gasteiger partial charge in [-0.2, -0.15) is 0 Å². The van der Waals surface area contributed by atoms with Gasteiger partial charge in [0.05, 0.1) is 6.10 Å². The van der Waals surface area contributed by atoms with E-state index in [2.05, 4.69) is 5.32 Å². The molecule has 0 radical (unpaired) electrons. The smallest absolute Gasteiger partial charge is 0.410 e. The molecule has 1 amide bonds. The first-order chi connectivity index (χ1) is 10.7. The van der Waals surface area contributed by atoms with Crippen LogP contribution in [0, 0.1) is 5.92 Å². The number of hydrogen-bond acceptors (Lipinski definition) is 4. The zero-order valence-electron chi connectivity index (χ0n) is 12.8. The minimum atomic E-state index is -0.221. The molecule has 2 fully saturated rings. The van der Waals surface area contributed by atoms with Crippen LogP contribution in [0.15, 0.2) is 30.3 Å². The Kier molecular flexibility index (Phi) is 4.95. The number of amides is 1. The summed E-state index contributed by atoms with van der Waals surface area (Å²) in [6, 6.07) is 10.1. The zero-order valence-corrected chi connectivity index (χ0v) is 12.8. The highest BCUT2D eigenvalue weighted by Crippen LogP contribution is 2.26. The van der Waals surface area contributed by atoms with Crippen molar-refractivity contribution in [2.75, 3.05) is 19.6 Å². The predicted molar refractivity (Wildman–Crippen MR) is 83.3 cm³/mol. The Morgan fingerprint density at radius 2 is 2.00 bits per heavy atom. The Hall–Kier alpha value is -1.59. The number of rotatable bonds is 3. The van der Waals surface area contributed by atoms with Crippen LogP contribution in [0.25, 0.3) is 0 Å². The summed E-state index contributed by atoms with van der Waals surface area (Å²) in [5.74, 6) is 0.551. The fourth-order valence-corrected chi connectivity index (χ4v) is 3.40. The van der Waals surface area contributed by atoms with Crippen LogP contribution in [-0.4, -0.2) is 47.9 Å². The summed E-state index contributed by atoms with van der Waals surface area (Å²) in [5.41, 5.74) is 1.01. The number of carbonyl (C=O) groups excluding carboxylic acids is 1. The van der Waals surface area contributed by atoms with Gasteiger partial charge in [-0.25, -0.2) is 4.79 Å². The normalized spacial score (nSPS) is 26.1. The average molecular weight is 304 g/mol. The molecule has 2 N–H and O–H groups in total. The predicted octanol–water partition coefficient (Wildman–Crippen LogP) is 1.76. The van der Waals surface area contributed by atoms with E-state index in [4.69, 9.17) is 4.74 Å². The highest BCUT2D eigenvalue weighted by Gasteiger charge is 2.33. The molecular weight excluding hydrogens is 280 g/mol. The van der Waals surface area contributed by atoms with Gasteiger partial charge in [0.1, 0.15) is 6.61 Å². The molecule has 0 aromatic heterocycles. The molecule has 120 valence electrons. The van der Waals surface area contributed by atoms with Gasteiger partial charge in [0, 0.05) is 25.7 Å². The molecule has 0 bridgehead atoms. The fourth-order valence-electron chi connectivity index (χ4n) is 3.40. The second-order valence-corrected chi connectivity index (χ2v) is 6.27. The molecule has 2 aliphatic rings. The highest BCUT2D eigenvalue weighted by atomic mass is 16.6. The number of β-amino-alcohol motifs (C(OH)–C–C–N with tert-alkyl or cyclic N) is 1. The highest BCUT2D eigenvalue weighted by molar-refractivity contribution is 5.67. The first kappa shape index (κ1) is 15.3. The molecule has 1 aromatic carbocycles. The van der Waals surface area contributed by atoms with Crippen LogP contribution in [-0.2, 0) is 11.3 Å². The van der Waals surface area contributed by atoms with Crippen LogP contribution in [0.1, 0.15) is 24.8 Å². The lowest BCUT2D eigenvalue weighted by Crippen LogP contribution is -2.43. The van der Waals surface area contributed by atoms with Crippen LogP contribution in [0.2, 0.25) is 0 Å². The summed E-state index contributed by atoms with van der Waals surface area (Å²) >= 11 is 0. The standard InChI is InChI=1S/C17H24N2O3/c20-15-10-16(18-11-15)14-6-8-19(9-7-14)17(21)22-12-13-4-2-1-3-5-13/h1-5,14-16,18,20H,6-12H2. The van der Waals surface area contributed by atoms with Crippen molar-refractivity contribution in [3.05, 3.63) is 35.9 Å². The summed E-state index contributed by atoms with van der Waals surface area (Å²) in [6.45, 7) is 2.51. The monoisotopic (exact) mass is 304 g/mol. The molecule has 22 heavy (non-hydrogen) atoms. The van der Waals surface area contributed by atoms with Crippen molar-refractivity contribution in [3.8, 4) is 0 Å². The van der Waals surface area contributed by atoms with Crippen molar-refractivity contribution in [2.45, 2.75) is 38.0 Å². The number of aliphatic hydroxyl groups excluding tert-OH is 1. The quantitative estimate of drug-likeness (QED) is 0.893. The maximum Gasteiger partial charge on any atom is 0.410 e. The van der Waals surface area contributed by atoms with Crippen molar-refractivity contribution in [1.29, 1.82) is 0 Å². The van der Waals surface area contributed by atoms with Crippen LogP contribution in [0.4, 0.5) is 4.79 Å². The lowest BCUT2D eigenvalue weighted by molar-refractivity contribution is 0.0782. The number of hydrogen-bond donors (Lipinski definition) is 2. The molecule has 0 saturated carbocycles. The van der Waals surface area contributed by atoms with Crippen molar-refractivity contribution in [2.24, 2.45) is 5.92 Å². The Balaban J connectivity index is 1.42. The number of likely N-dealkylation sites (tertiary alicyclic amines) is 1. The van der Waals surface area contributed by atoms with E-state index in [0.717, 1.165) is 37.9 Å². The largest absolute Gasteiger partial charge is 0.445 e. The van der Waals surface area contributed by atoms with E-state index >= 15 is 0 Å². The number of aliphatic hydroxyl groups is 1. The molecule has 0 spiro atoms. The molecule has 2 heterocycles. The Morgan fingerprint density at radius 1 is 1.27 bits per heavy atom. The third-order valence-corrected chi connectivity index (χ3v) is 4.71. The lowest BCUT2D eigenvalue weighted by atomic mass is 9.88. The van der Waals surface area contributed by atoms with Gasteiger partial charge < -0.3 is 20.1 Å². The summed E-state index contributed by atoms with van der Waals surface area (Å²) in [6.07, 6.45) is 2.36. The fraction of sp³-hybridized carbons (Fsp3) is 0.588. The number of benzene rings is 1. The van der Waals surface area contributed by atoms with E-state index in [-0.39, 0.29) is 12.2 Å². The molecular formula is C17H24N2O3. The number of ether oxygens (including phenoxy) is 1. The zero-order chi connectivity index (χ0) is 15.4. The van der Waals surface area contributed by atoms with Crippen LogP contribution in [0.5, 0.6) is 0 Å². The number of carbonyl (C=O) groups is 1. The Labute approximate surface area is 131 Å². The molecule has 5 heteroatoms. The van der Waals surface area contributed by atoms with Gasteiger partial charge >= 0.3 is 6.09 Å². The first-order valence-electron chi connectivity index (χ1n) is 8.09. The number of piperidine rings is 1. The van der Waals surface area contributed by atoms with Gasteiger partial charge in [0.25, 0.3) is 0 Å². The third kappa shape index (κ3) is 3.78. The van der Waals surface area contributed by atoms with Gasteiger partial charge in [0.15, 0.2) is 0 Å². The summed E-state index contributed by atoms with van der Waals surface area (Å²) in [7, 11) is 0. The number of nitrogens with one attached hydrogen (secondary N) is 1. The van der Waals surface area contributed by atoms with Gasteiger partial charge in [-0.3, -0.25) is 0 Å². The Bertz CT molecular complexity index is 486. The molecule has 2 atom stereocenters. The van der Waals surface area contributed by atoms with E-state index < -0.39 is 0 Å². The topological polar surface area (TPSA) is 61.8 Å². The van der Waals surface area contributed by atoms with E-state index in [1.807, 2.05) is 30.3 Å². The van der Waals surface area contributed by atoms with Gasteiger partial charge in [-0.15, -0.1) is 0 Å². The summed E-state index contributed by atoms with van der Waals surface area (Å²) in [5, 5.41) is 13.0. The van der Waals surface area contributed by atoms with Crippen molar-refractivity contribution in [1.82, 2.24) is 10.2 Å². The van der Waals surface area contributed by atoms with E-state index in [1.165, 1.54) is 0 Å².